The quantitative estimate of drug-likeness (QED) is 0.291. The van der Waals surface area contributed by atoms with Crippen LogP contribution in [0.3, 0.4) is 0 Å². The van der Waals surface area contributed by atoms with Crippen molar-refractivity contribution >= 4 is 48.4 Å². The lowest BCUT2D eigenvalue weighted by molar-refractivity contribution is 0.0594. The number of thiophene rings is 1. The molecular formula is C31H36N4O5S2. The van der Waals surface area contributed by atoms with E-state index >= 15 is 0 Å². The van der Waals surface area contributed by atoms with Gasteiger partial charge in [-0.25, -0.2) is 9.71 Å². The van der Waals surface area contributed by atoms with Crippen molar-refractivity contribution in [2.24, 2.45) is 11.7 Å². The van der Waals surface area contributed by atoms with Gasteiger partial charge in [-0.15, -0.1) is 11.3 Å². The minimum atomic E-state index is -4.09. The van der Waals surface area contributed by atoms with Crippen LogP contribution in [0.2, 0.25) is 0 Å². The summed E-state index contributed by atoms with van der Waals surface area (Å²) in [6.07, 6.45) is 3.43. The summed E-state index contributed by atoms with van der Waals surface area (Å²) in [5, 5.41) is 1.63. The van der Waals surface area contributed by atoms with Crippen LogP contribution in [-0.4, -0.2) is 62.6 Å². The smallest absolute Gasteiger partial charge is 0.304 e. The Bertz CT molecular complexity index is 1750. The monoisotopic (exact) mass is 608 g/mol. The Morgan fingerprint density at radius 1 is 1.17 bits per heavy atom. The number of carbonyl (C=O) groups excluding carboxylic acids is 1. The number of hydrogen-bond donors (Lipinski definition) is 2. The summed E-state index contributed by atoms with van der Waals surface area (Å²) in [4.78, 5) is 19.9. The molecule has 222 valence electrons. The molecule has 9 nitrogen and oxygen atoms in total. The average molecular weight is 609 g/mol. The highest BCUT2D eigenvalue weighted by atomic mass is 32.2. The predicted molar refractivity (Wildman–Crippen MR) is 166 cm³/mol. The van der Waals surface area contributed by atoms with Gasteiger partial charge in [-0.05, 0) is 80.2 Å². The number of nitrogens with two attached hydrogens (primary N) is 1. The number of nitrogens with zero attached hydrogens (tertiary/aromatic N) is 2. The number of aromatic nitrogens is 1. The number of amides is 1. The largest absolute Gasteiger partial charge is 0.493 e. The van der Waals surface area contributed by atoms with E-state index in [4.69, 9.17) is 20.2 Å². The van der Waals surface area contributed by atoms with Crippen molar-refractivity contribution in [1.29, 1.82) is 0 Å². The Labute approximate surface area is 250 Å². The summed E-state index contributed by atoms with van der Waals surface area (Å²) in [5.41, 5.74) is 9.33. The lowest BCUT2D eigenvalue weighted by Gasteiger charge is -2.22. The molecule has 2 aliphatic rings. The van der Waals surface area contributed by atoms with Gasteiger partial charge in [-0.2, -0.15) is 12.7 Å². The van der Waals surface area contributed by atoms with Crippen molar-refractivity contribution in [3.05, 3.63) is 59.2 Å². The van der Waals surface area contributed by atoms with Crippen molar-refractivity contribution < 1.29 is 22.7 Å². The summed E-state index contributed by atoms with van der Waals surface area (Å²) in [7, 11) is -4.09. The summed E-state index contributed by atoms with van der Waals surface area (Å²) in [6, 6.07) is 13.4. The van der Waals surface area contributed by atoms with Gasteiger partial charge in [0.1, 0.15) is 5.75 Å². The molecule has 4 heterocycles. The zero-order valence-corrected chi connectivity index (χ0v) is 25.5. The number of pyridine rings is 1. The van der Waals surface area contributed by atoms with E-state index in [1.165, 1.54) is 4.31 Å². The van der Waals surface area contributed by atoms with Gasteiger partial charge in [0.05, 0.1) is 33.6 Å². The Hall–Kier alpha value is -3.09. The molecule has 2 saturated heterocycles. The molecule has 1 atom stereocenters. The van der Waals surface area contributed by atoms with E-state index in [1.54, 1.807) is 17.4 Å². The standard InChI is InChI=1S/C31H36N4O5S2/c1-19-7-8-26(40-16-12-21-10-14-39-15-11-21)28-24(31(36)34-42(37,38)35-13-9-22(32)18-35)17-25(33-29(19)28)30-20(2)23-5-3-4-6-27(23)41-30/h3-8,17,21-22H,9-16,18,32H2,1-2H3,(H,34,36)/t22-/m0/s1. The zero-order valence-electron chi connectivity index (χ0n) is 23.9. The molecular weight excluding hydrogens is 572 g/mol. The SMILES string of the molecule is Cc1c(-c2cc(C(=O)NS(=O)(=O)N3CC[C@H](N)C3)c3c(OCCC4CCOCC4)ccc(C)c3n2)sc2ccccc12. The maximum Gasteiger partial charge on any atom is 0.304 e. The van der Waals surface area contributed by atoms with Crippen LogP contribution in [0.15, 0.2) is 42.5 Å². The van der Waals surface area contributed by atoms with Crippen molar-refractivity contribution in [3.8, 4) is 16.3 Å². The third kappa shape index (κ3) is 5.76. The Morgan fingerprint density at radius 3 is 2.69 bits per heavy atom. The van der Waals surface area contributed by atoms with Crippen molar-refractivity contribution in [2.75, 3.05) is 32.9 Å². The Morgan fingerprint density at radius 2 is 1.95 bits per heavy atom. The number of ether oxygens (including phenoxy) is 2. The van der Waals surface area contributed by atoms with Crippen LogP contribution < -0.4 is 15.2 Å². The second-order valence-electron chi connectivity index (χ2n) is 11.2. The molecule has 2 aromatic heterocycles. The van der Waals surface area contributed by atoms with Crippen molar-refractivity contribution in [2.45, 2.75) is 45.6 Å². The number of carbonyl (C=O) groups is 1. The molecule has 4 aromatic rings. The second kappa shape index (κ2) is 11.9. The van der Waals surface area contributed by atoms with Gasteiger partial charge >= 0.3 is 10.2 Å². The number of benzene rings is 2. The minimum Gasteiger partial charge on any atom is -0.493 e. The maximum absolute atomic E-state index is 13.9. The molecule has 42 heavy (non-hydrogen) atoms. The minimum absolute atomic E-state index is 0.172. The van der Waals surface area contributed by atoms with Crippen LogP contribution in [0, 0.1) is 19.8 Å². The molecule has 2 aromatic carbocycles. The average Bonchev–Trinajstić information content (AvgIpc) is 3.58. The normalized spacial score (nSPS) is 18.6. The van der Waals surface area contributed by atoms with Gasteiger partial charge < -0.3 is 15.2 Å². The Kier molecular flexibility index (Phi) is 8.21. The highest BCUT2D eigenvalue weighted by molar-refractivity contribution is 7.87. The summed E-state index contributed by atoms with van der Waals surface area (Å²) < 4.78 is 42.8. The molecule has 0 spiro atoms. The fourth-order valence-corrected chi connectivity index (χ4v) is 8.23. The molecule has 2 aliphatic heterocycles. The summed E-state index contributed by atoms with van der Waals surface area (Å²) >= 11 is 1.60. The Balaban J connectivity index is 1.43. The maximum atomic E-state index is 13.9. The van der Waals surface area contributed by atoms with Gasteiger partial charge in [0.25, 0.3) is 5.91 Å². The highest BCUT2D eigenvalue weighted by Gasteiger charge is 2.32. The molecule has 0 saturated carbocycles. The topological polar surface area (TPSA) is 124 Å². The molecule has 0 bridgehead atoms. The van der Waals surface area contributed by atoms with Gasteiger partial charge in [0.2, 0.25) is 0 Å². The third-order valence-corrected chi connectivity index (χ3v) is 11.1. The number of aryl methyl sites for hydroxylation is 2. The molecule has 0 aliphatic carbocycles. The van der Waals surface area contributed by atoms with E-state index < -0.39 is 16.1 Å². The van der Waals surface area contributed by atoms with Gasteiger partial charge in [-0.3, -0.25) is 4.79 Å². The van der Waals surface area contributed by atoms with Crippen molar-refractivity contribution in [1.82, 2.24) is 14.0 Å². The van der Waals surface area contributed by atoms with Gasteiger partial charge in [0.15, 0.2) is 0 Å². The summed E-state index contributed by atoms with van der Waals surface area (Å²) in [6.45, 7) is 6.44. The molecule has 1 amide bonds. The lowest BCUT2D eigenvalue weighted by Crippen LogP contribution is -2.43. The highest BCUT2D eigenvalue weighted by Crippen LogP contribution is 2.40. The first kappa shape index (κ1) is 29.0. The van der Waals surface area contributed by atoms with E-state index in [2.05, 4.69) is 16.9 Å². The van der Waals surface area contributed by atoms with E-state index in [9.17, 15) is 13.2 Å². The van der Waals surface area contributed by atoms with E-state index in [0.29, 0.717) is 41.3 Å². The predicted octanol–water partition coefficient (Wildman–Crippen LogP) is 4.94. The fraction of sp³-hybridized carbons (Fsp3) is 0.419. The first-order valence-electron chi connectivity index (χ1n) is 14.4. The van der Waals surface area contributed by atoms with Crippen molar-refractivity contribution in [3.63, 3.8) is 0 Å². The van der Waals surface area contributed by atoms with E-state index in [0.717, 1.165) is 58.6 Å². The fourth-order valence-electron chi connectivity index (χ4n) is 5.86. The van der Waals surface area contributed by atoms with Crippen LogP contribution in [0.1, 0.15) is 47.2 Å². The van der Waals surface area contributed by atoms with Crippen LogP contribution in [0.25, 0.3) is 31.6 Å². The molecule has 6 rings (SSSR count). The van der Waals surface area contributed by atoms with Crippen LogP contribution in [0.5, 0.6) is 5.75 Å². The third-order valence-electron chi connectivity index (χ3n) is 8.32. The molecule has 0 unspecified atom stereocenters. The van der Waals surface area contributed by atoms with E-state index in [1.807, 2.05) is 38.1 Å². The van der Waals surface area contributed by atoms with Crippen LogP contribution >= 0.6 is 11.3 Å². The number of rotatable bonds is 8. The number of fused-ring (bicyclic) bond motifs is 2. The van der Waals surface area contributed by atoms with Gasteiger partial charge in [0, 0.05) is 37.0 Å². The zero-order chi connectivity index (χ0) is 29.4. The second-order valence-corrected chi connectivity index (χ2v) is 14.0. The first-order valence-corrected chi connectivity index (χ1v) is 16.7. The summed E-state index contributed by atoms with van der Waals surface area (Å²) in [5.74, 6) is 0.319. The number of hydrogen-bond acceptors (Lipinski definition) is 8. The first-order chi connectivity index (χ1) is 20.2. The van der Waals surface area contributed by atoms with Crippen LogP contribution in [-0.2, 0) is 14.9 Å². The molecule has 2 fully saturated rings. The molecule has 11 heteroatoms. The van der Waals surface area contributed by atoms with Crippen LogP contribution in [0.4, 0.5) is 0 Å². The lowest BCUT2D eigenvalue weighted by atomic mass is 9.97. The molecule has 0 radical (unpaired) electrons. The molecule has 3 N–H and O–H groups in total. The number of nitrogens with one attached hydrogen (secondary N) is 1. The van der Waals surface area contributed by atoms with Gasteiger partial charge in [-0.1, -0.05) is 24.3 Å². The van der Waals surface area contributed by atoms with E-state index in [-0.39, 0.29) is 24.7 Å².